The number of carbonyl (C=O) groups is 1. The van der Waals surface area contributed by atoms with Gasteiger partial charge in [-0.2, -0.15) is 12.6 Å². The average molecular weight is 248 g/mol. The Bertz CT molecular complexity index is 210. The van der Waals surface area contributed by atoms with Crippen LogP contribution in [0.5, 0.6) is 0 Å². The van der Waals surface area contributed by atoms with E-state index in [1.165, 1.54) is 11.8 Å². The monoisotopic (exact) mass is 248 g/mol. The third-order valence-electron chi connectivity index (χ3n) is 2.75. The van der Waals surface area contributed by atoms with Crippen LogP contribution >= 0.6 is 24.4 Å². The Hall–Kier alpha value is 0.370. The van der Waals surface area contributed by atoms with Gasteiger partial charge in [0.2, 0.25) is 0 Å². The first-order valence-electron chi connectivity index (χ1n) is 5.53. The predicted molar refractivity (Wildman–Crippen MR) is 73.8 cm³/mol. The summed E-state index contributed by atoms with van der Waals surface area (Å²) < 4.78 is 0. The summed E-state index contributed by atoms with van der Waals surface area (Å²) in [5.74, 6) is 1.58. The molecule has 0 saturated heterocycles. The van der Waals surface area contributed by atoms with Gasteiger partial charge in [-0.25, -0.2) is 0 Å². The lowest BCUT2D eigenvalue weighted by atomic mass is 9.74. The predicted octanol–water partition coefficient (Wildman–Crippen LogP) is 4.03. The van der Waals surface area contributed by atoms with E-state index in [1.54, 1.807) is 0 Å². The number of hydrogen-bond acceptors (Lipinski definition) is 3. The van der Waals surface area contributed by atoms with E-state index in [9.17, 15) is 4.79 Å². The summed E-state index contributed by atoms with van der Waals surface area (Å²) in [7, 11) is 0. The maximum Gasteiger partial charge on any atom is 0.194 e. The summed E-state index contributed by atoms with van der Waals surface area (Å²) in [4.78, 5) is 11.9. The highest BCUT2D eigenvalue weighted by Crippen LogP contribution is 2.38. The van der Waals surface area contributed by atoms with Crippen LogP contribution in [0.25, 0.3) is 0 Å². The Labute approximate surface area is 104 Å². The first-order valence-corrected chi connectivity index (χ1v) is 7.15. The maximum atomic E-state index is 11.9. The van der Waals surface area contributed by atoms with E-state index in [-0.39, 0.29) is 10.8 Å². The number of thiol groups is 1. The smallest absolute Gasteiger partial charge is 0.194 e. The van der Waals surface area contributed by atoms with Crippen LogP contribution in [0.2, 0.25) is 0 Å². The van der Waals surface area contributed by atoms with E-state index < -0.39 is 0 Å². The molecule has 0 radical (unpaired) electrons. The van der Waals surface area contributed by atoms with Gasteiger partial charge < -0.3 is 0 Å². The molecule has 15 heavy (non-hydrogen) atoms. The van der Waals surface area contributed by atoms with E-state index in [0.717, 1.165) is 24.3 Å². The lowest BCUT2D eigenvalue weighted by Gasteiger charge is -2.32. The fraction of sp³-hybridized carbons (Fsp3) is 0.917. The van der Waals surface area contributed by atoms with Crippen molar-refractivity contribution in [3.05, 3.63) is 0 Å². The largest absolute Gasteiger partial charge is 0.287 e. The summed E-state index contributed by atoms with van der Waals surface area (Å²) in [6.45, 7) is 10.7. The number of hydrogen-bond donors (Lipinski definition) is 1. The summed E-state index contributed by atoms with van der Waals surface area (Å²) in [6.07, 6.45) is 2.07. The van der Waals surface area contributed by atoms with E-state index in [2.05, 4.69) is 47.2 Å². The van der Waals surface area contributed by atoms with E-state index in [4.69, 9.17) is 0 Å². The Morgan fingerprint density at radius 2 is 1.80 bits per heavy atom. The second kappa shape index (κ2) is 6.19. The van der Waals surface area contributed by atoms with Crippen molar-refractivity contribution in [2.45, 2.75) is 47.5 Å². The standard InChI is InChI=1S/C12H24OS2/c1-6-11(2,3)9-12(4,5)10(13)15-8-7-14/h14H,6-9H2,1-5H3. The molecular weight excluding hydrogens is 224 g/mol. The van der Waals surface area contributed by atoms with Crippen molar-refractivity contribution >= 4 is 29.5 Å². The molecule has 0 aromatic carbocycles. The highest BCUT2D eigenvalue weighted by atomic mass is 32.2. The number of rotatable bonds is 6. The van der Waals surface area contributed by atoms with Crippen molar-refractivity contribution in [2.24, 2.45) is 10.8 Å². The minimum Gasteiger partial charge on any atom is -0.287 e. The van der Waals surface area contributed by atoms with Crippen molar-refractivity contribution < 1.29 is 4.79 Å². The SMILES string of the molecule is CCC(C)(C)CC(C)(C)C(=O)SCCS. The third-order valence-corrected chi connectivity index (χ3v) is 4.50. The third kappa shape index (κ3) is 5.86. The molecule has 0 amide bonds. The summed E-state index contributed by atoms with van der Waals surface area (Å²) in [6, 6.07) is 0. The Morgan fingerprint density at radius 1 is 1.27 bits per heavy atom. The highest BCUT2D eigenvalue weighted by molar-refractivity contribution is 8.14. The normalized spacial score (nSPS) is 12.9. The van der Waals surface area contributed by atoms with Crippen LogP contribution in [0.15, 0.2) is 0 Å². The summed E-state index contributed by atoms with van der Waals surface area (Å²) in [5.41, 5.74) is 0.0355. The molecule has 1 nitrogen and oxygen atoms in total. The molecule has 0 saturated carbocycles. The summed E-state index contributed by atoms with van der Waals surface area (Å²) >= 11 is 5.54. The Morgan fingerprint density at radius 3 is 2.20 bits per heavy atom. The molecule has 0 fully saturated rings. The minimum atomic E-state index is -0.215. The topological polar surface area (TPSA) is 17.1 Å². The molecule has 0 unspecified atom stereocenters. The van der Waals surface area contributed by atoms with Crippen molar-refractivity contribution in [3.8, 4) is 0 Å². The van der Waals surface area contributed by atoms with Crippen molar-refractivity contribution in [2.75, 3.05) is 11.5 Å². The van der Waals surface area contributed by atoms with Crippen molar-refractivity contribution in [1.82, 2.24) is 0 Å². The second-order valence-corrected chi connectivity index (χ2v) is 6.95. The van der Waals surface area contributed by atoms with Gasteiger partial charge in [0, 0.05) is 11.2 Å². The lowest BCUT2D eigenvalue weighted by Crippen LogP contribution is -2.29. The molecule has 0 aromatic rings. The van der Waals surface area contributed by atoms with E-state index in [1.807, 2.05) is 0 Å². The molecule has 0 aliphatic rings. The highest BCUT2D eigenvalue weighted by Gasteiger charge is 2.33. The van der Waals surface area contributed by atoms with Gasteiger partial charge in [0.1, 0.15) is 0 Å². The molecular formula is C12H24OS2. The zero-order chi connectivity index (χ0) is 12.1. The van der Waals surface area contributed by atoms with Crippen molar-refractivity contribution in [1.29, 1.82) is 0 Å². The van der Waals surface area contributed by atoms with Gasteiger partial charge in [-0.05, 0) is 17.6 Å². The lowest BCUT2D eigenvalue weighted by molar-refractivity contribution is -0.119. The van der Waals surface area contributed by atoms with Gasteiger partial charge in [0.15, 0.2) is 5.12 Å². The average Bonchev–Trinajstić information content (AvgIpc) is 2.12. The summed E-state index contributed by atoms with van der Waals surface area (Å²) in [5, 5.41) is 0.304. The number of thioether (sulfide) groups is 1. The molecule has 0 N–H and O–H groups in total. The van der Waals surface area contributed by atoms with Crippen LogP contribution in [0, 0.1) is 10.8 Å². The zero-order valence-corrected chi connectivity index (χ0v) is 12.3. The first kappa shape index (κ1) is 15.4. The fourth-order valence-corrected chi connectivity index (χ4v) is 2.74. The van der Waals surface area contributed by atoms with Gasteiger partial charge in [0.25, 0.3) is 0 Å². The van der Waals surface area contributed by atoms with Crippen molar-refractivity contribution in [3.63, 3.8) is 0 Å². The van der Waals surface area contributed by atoms with Gasteiger partial charge in [-0.3, -0.25) is 4.79 Å². The van der Waals surface area contributed by atoms with Gasteiger partial charge in [-0.1, -0.05) is 52.8 Å². The second-order valence-electron chi connectivity index (χ2n) is 5.44. The van der Waals surface area contributed by atoms with Crippen LogP contribution in [-0.2, 0) is 4.79 Å². The van der Waals surface area contributed by atoms with Crippen LogP contribution in [0.3, 0.4) is 0 Å². The van der Waals surface area contributed by atoms with Crippen LogP contribution in [0.1, 0.15) is 47.5 Å². The molecule has 0 atom stereocenters. The Balaban J connectivity index is 4.34. The zero-order valence-electron chi connectivity index (χ0n) is 10.6. The number of carbonyl (C=O) groups excluding carboxylic acids is 1. The van der Waals surface area contributed by atoms with Crippen LogP contribution < -0.4 is 0 Å². The quantitative estimate of drug-likeness (QED) is 0.715. The molecule has 0 aliphatic carbocycles. The molecule has 0 spiro atoms. The molecule has 0 aliphatic heterocycles. The maximum absolute atomic E-state index is 11.9. The molecule has 90 valence electrons. The van der Waals surface area contributed by atoms with Crippen LogP contribution in [0.4, 0.5) is 0 Å². The fourth-order valence-electron chi connectivity index (χ4n) is 1.73. The Kier molecular flexibility index (Phi) is 6.34. The van der Waals surface area contributed by atoms with Crippen LogP contribution in [-0.4, -0.2) is 16.6 Å². The van der Waals surface area contributed by atoms with E-state index >= 15 is 0 Å². The first-order chi connectivity index (χ1) is 6.75. The molecule has 0 aromatic heterocycles. The van der Waals surface area contributed by atoms with E-state index in [0.29, 0.717) is 5.12 Å². The van der Waals surface area contributed by atoms with Gasteiger partial charge in [0.05, 0.1) is 0 Å². The van der Waals surface area contributed by atoms with Gasteiger partial charge >= 0.3 is 0 Å². The van der Waals surface area contributed by atoms with Gasteiger partial charge in [-0.15, -0.1) is 0 Å². The molecule has 3 heteroatoms. The minimum absolute atomic E-state index is 0.215. The molecule has 0 heterocycles. The molecule has 0 rings (SSSR count). The molecule has 0 bridgehead atoms.